The summed E-state index contributed by atoms with van der Waals surface area (Å²) in [4.78, 5) is 0. The Balaban J connectivity index is 1.71. The third-order valence-corrected chi connectivity index (χ3v) is 3.88. The van der Waals surface area contributed by atoms with E-state index in [4.69, 9.17) is 10.5 Å². The summed E-state index contributed by atoms with van der Waals surface area (Å²) in [5.41, 5.74) is 5.95. The van der Waals surface area contributed by atoms with Crippen LogP contribution in [0.15, 0.2) is 0 Å². The Bertz CT molecular complexity index is 384. The molecule has 2 aliphatic heterocycles. The number of ether oxygens (including phenoxy) is 1. The van der Waals surface area contributed by atoms with Crippen LogP contribution in [-0.2, 0) is 24.1 Å². The van der Waals surface area contributed by atoms with Gasteiger partial charge in [0.2, 0.25) is 0 Å². The molecule has 3 rings (SSSR count). The fourth-order valence-electron chi connectivity index (χ4n) is 2.77. The lowest BCUT2D eigenvalue weighted by atomic mass is 9.96. The molecule has 17 heavy (non-hydrogen) atoms. The van der Waals surface area contributed by atoms with Crippen LogP contribution in [0, 0.1) is 5.92 Å². The maximum atomic E-state index is 5.95. The number of nitrogens with zero attached hydrogens (tertiary/aromatic N) is 3. The normalized spacial score (nSPS) is 25.8. The Labute approximate surface area is 101 Å². The van der Waals surface area contributed by atoms with Gasteiger partial charge in [-0.25, -0.2) is 0 Å². The van der Waals surface area contributed by atoms with Gasteiger partial charge in [-0.05, 0) is 25.2 Å². The lowest BCUT2D eigenvalue weighted by molar-refractivity contribution is 0.0656. The van der Waals surface area contributed by atoms with Crippen LogP contribution in [0.5, 0.6) is 0 Å². The first-order valence-corrected chi connectivity index (χ1v) is 6.57. The predicted molar refractivity (Wildman–Crippen MR) is 63.6 cm³/mol. The van der Waals surface area contributed by atoms with Crippen LogP contribution in [0.1, 0.15) is 30.9 Å². The van der Waals surface area contributed by atoms with Crippen molar-refractivity contribution >= 4 is 0 Å². The minimum atomic E-state index is 0.266. The summed E-state index contributed by atoms with van der Waals surface area (Å²) >= 11 is 0. The van der Waals surface area contributed by atoms with E-state index in [1.165, 1.54) is 0 Å². The number of hydrogen-bond acceptors (Lipinski definition) is 4. The molecule has 3 heterocycles. The highest BCUT2D eigenvalue weighted by molar-refractivity contribution is 5.02. The van der Waals surface area contributed by atoms with Gasteiger partial charge in [0.1, 0.15) is 11.6 Å². The first kappa shape index (κ1) is 11.2. The van der Waals surface area contributed by atoms with E-state index in [9.17, 15) is 0 Å². The van der Waals surface area contributed by atoms with E-state index in [1.807, 2.05) is 0 Å². The molecule has 0 amide bonds. The molecule has 0 aliphatic carbocycles. The minimum absolute atomic E-state index is 0.266. The second-order valence-electron chi connectivity index (χ2n) is 5.20. The van der Waals surface area contributed by atoms with E-state index >= 15 is 0 Å². The molecule has 1 atom stereocenters. The first-order valence-electron chi connectivity index (χ1n) is 6.57. The molecule has 1 unspecified atom stereocenters. The first-order chi connectivity index (χ1) is 8.33. The Morgan fingerprint density at radius 2 is 2.06 bits per heavy atom. The van der Waals surface area contributed by atoms with Crippen LogP contribution in [0.2, 0.25) is 0 Å². The van der Waals surface area contributed by atoms with Crippen molar-refractivity contribution in [3.63, 3.8) is 0 Å². The summed E-state index contributed by atoms with van der Waals surface area (Å²) in [6.45, 7) is 2.79. The third-order valence-electron chi connectivity index (χ3n) is 3.88. The Morgan fingerprint density at radius 3 is 2.88 bits per heavy atom. The van der Waals surface area contributed by atoms with Crippen molar-refractivity contribution in [1.82, 2.24) is 14.8 Å². The lowest BCUT2D eigenvalue weighted by Crippen LogP contribution is -2.31. The van der Waals surface area contributed by atoms with Crippen LogP contribution < -0.4 is 5.73 Å². The van der Waals surface area contributed by atoms with Crippen molar-refractivity contribution in [1.29, 1.82) is 0 Å². The average molecular weight is 236 g/mol. The number of fused-ring (bicyclic) bond motifs is 1. The van der Waals surface area contributed by atoms with E-state index in [-0.39, 0.29) is 6.04 Å². The Kier molecular flexibility index (Phi) is 3.11. The van der Waals surface area contributed by atoms with Gasteiger partial charge < -0.3 is 15.0 Å². The molecule has 1 fully saturated rings. The van der Waals surface area contributed by atoms with Gasteiger partial charge in [-0.2, -0.15) is 0 Å². The summed E-state index contributed by atoms with van der Waals surface area (Å²) in [6.07, 6.45) is 5.28. The van der Waals surface area contributed by atoms with E-state index < -0.39 is 0 Å². The molecule has 0 aromatic carbocycles. The predicted octanol–water partition coefficient (Wildman–Crippen LogP) is 0.521. The van der Waals surface area contributed by atoms with Gasteiger partial charge >= 0.3 is 0 Å². The van der Waals surface area contributed by atoms with Crippen molar-refractivity contribution in [3.8, 4) is 0 Å². The molecule has 1 saturated heterocycles. The minimum Gasteiger partial charge on any atom is -0.381 e. The molecule has 1 aromatic heterocycles. The third kappa shape index (κ3) is 2.35. The van der Waals surface area contributed by atoms with Gasteiger partial charge in [0.15, 0.2) is 0 Å². The monoisotopic (exact) mass is 236 g/mol. The summed E-state index contributed by atoms with van der Waals surface area (Å²) < 4.78 is 7.66. The quantitative estimate of drug-likeness (QED) is 0.813. The number of nitrogens with two attached hydrogens (primary N) is 1. The van der Waals surface area contributed by atoms with Gasteiger partial charge in [-0.1, -0.05) is 0 Å². The van der Waals surface area contributed by atoms with Gasteiger partial charge in [0.05, 0.1) is 0 Å². The topological polar surface area (TPSA) is 66.0 Å². The van der Waals surface area contributed by atoms with E-state index in [0.717, 1.165) is 63.5 Å². The fraction of sp³-hybridized carbons (Fsp3) is 0.833. The molecule has 1 aromatic rings. The second-order valence-corrected chi connectivity index (χ2v) is 5.20. The molecule has 0 bridgehead atoms. The molecule has 0 spiro atoms. The Hall–Kier alpha value is -0.940. The zero-order valence-corrected chi connectivity index (χ0v) is 10.1. The lowest BCUT2D eigenvalue weighted by Gasteiger charge is -2.24. The zero-order valence-electron chi connectivity index (χ0n) is 10.1. The molecule has 5 heteroatoms. The maximum absolute atomic E-state index is 5.95. The molecular weight excluding hydrogens is 216 g/mol. The van der Waals surface area contributed by atoms with Crippen LogP contribution in [-0.4, -0.2) is 34.0 Å². The van der Waals surface area contributed by atoms with Gasteiger partial charge in [-0.3, -0.25) is 0 Å². The SMILES string of the molecule is NC1CCn2c(nnc2CC2CCOCC2)C1. The smallest absolute Gasteiger partial charge is 0.134 e. The van der Waals surface area contributed by atoms with E-state index in [1.54, 1.807) is 0 Å². The van der Waals surface area contributed by atoms with Crippen molar-refractivity contribution < 1.29 is 4.74 Å². The zero-order chi connectivity index (χ0) is 11.7. The highest BCUT2D eigenvalue weighted by Gasteiger charge is 2.23. The van der Waals surface area contributed by atoms with Crippen molar-refractivity contribution in [2.45, 2.75) is 44.7 Å². The van der Waals surface area contributed by atoms with Gasteiger partial charge in [0.25, 0.3) is 0 Å². The molecule has 0 radical (unpaired) electrons. The van der Waals surface area contributed by atoms with Gasteiger partial charge in [-0.15, -0.1) is 10.2 Å². The molecule has 0 saturated carbocycles. The second kappa shape index (κ2) is 4.74. The highest BCUT2D eigenvalue weighted by Crippen LogP contribution is 2.21. The Morgan fingerprint density at radius 1 is 1.24 bits per heavy atom. The average Bonchev–Trinajstić information content (AvgIpc) is 2.73. The van der Waals surface area contributed by atoms with Crippen LogP contribution in [0.4, 0.5) is 0 Å². The largest absolute Gasteiger partial charge is 0.381 e. The molecule has 94 valence electrons. The summed E-state index contributed by atoms with van der Waals surface area (Å²) in [5.74, 6) is 2.94. The highest BCUT2D eigenvalue weighted by atomic mass is 16.5. The maximum Gasteiger partial charge on any atom is 0.134 e. The van der Waals surface area contributed by atoms with Crippen molar-refractivity contribution in [2.75, 3.05) is 13.2 Å². The molecule has 2 N–H and O–H groups in total. The molecule has 5 nitrogen and oxygen atoms in total. The number of rotatable bonds is 2. The molecular formula is C12H20N4O. The number of aromatic nitrogens is 3. The summed E-state index contributed by atoms with van der Waals surface area (Å²) in [7, 11) is 0. The van der Waals surface area contributed by atoms with E-state index in [0.29, 0.717) is 5.92 Å². The standard InChI is InChI=1S/C12H20N4O/c13-10-1-4-16-11(14-15-12(16)8-10)7-9-2-5-17-6-3-9/h9-10H,1-8,13H2. The van der Waals surface area contributed by atoms with Crippen LogP contribution >= 0.6 is 0 Å². The van der Waals surface area contributed by atoms with Crippen molar-refractivity contribution in [3.05, 3.63) is 11.6 Å². The fourth-order valence-corrected chi connectivity index (χ4v) is 2.77. The van der Waals surface area contributed by atoms with Gasteiger partial charge in [0, 0.05) is 38.6 Å². The van der Waals surface area contributed by atoms with E-state index in [2.05, 4.69) is 14.8 Å². The molecule has 2 aliphatic rings. The van der Waals surface area contributed by atoms with Crippen LogP contribution in [0.3, 0.4) is 0 Å². The summed E-state index contributed by atoms with van der Waals surface area (Å²) in [5, 5.41) is 8.62. The van der Waals surface area contributed by atoms with Crippen molar-refractivity contribution in [2.24, 2.45) is 11.7 Å². The number of hydrogen-bond donors (Lipinski definition) is 1. The summed E-state index contributed by atoms with van der Waals surface area (Å²) in [6, 6.07) is 0.266. The van der Waals surface area contributed by atoms with Crippen LogP contribution in [0.25, 0.3) is 0 Å².